The van der Waals surface area contributed by atoms with E-state index in [0.29, 0.717) is 13.2 Å². The van der Waals surface area contributed by atoms with Crippen LogP contribution in [0.25, 0.3) is 11.1 Å². The van der Waals surface area contributed by atoms with E-state index in [4.69, 9.17) is 18.9 Å². The number of carbonyl (C=O) groups is 1. The number of fused-ring (bicyclic) bond motifs is 1. The van der Waals surface area contributed by atoms with Crippen LogP contribution in [-0.4, -0.2) is 43.6 Å². The Labute approximate surface area is 152 Å². The van der Waals surface area contributed by atoms with Gasteiger partial charge in [-0.15, -0.1) is 0 Å². The Morgan fingerprint density at radius 2 is 1.42 bits per heavy atom. The van der Waals surface area contributed by atoms with Crippen LogP contribution in [0.2, 0.25) is 0 Å². The molecule has 0 amide bonds. The van der Waals surface area contributed by atoms with Crippen molar-refractivity contribution in [3.8, 4) is 16.9 Å². The molecule has 2 aromatic carbocycles. The molecule has 0 bridgehead atoms. The molecule has 2 heterocycles. The quantitative estimate of drug-likeness (QED) is 0.790. The van der Waals surface area contributed by atoms with Gasteiger partial charge in [-0.2, -0.15) is 0 Å². The molecule has 2 unspecified atom stereocenters. The van der Waals surface area contributed by atoms with E-state index < -0.39 is 0 Å². The minimum absolute atomic E-state index is 0.203. The Balaban J connectivity index is 1.40. The first-order valence-corrected chi connectivity index (χ1v) is 8.84. The Morgan fingerprint density at radius 3 is 2.04 bits per heavy atom. The second-order valence-corrected chi connectivity index (χ2v) is 6.79. The lowest BCUT2D eigenvalue weighted by Gasteiger charge is -2.18. The van der Waals surface area contributed by atoms with Gasteiger partial charge in [-0.25, -0.2) is 0 Å². The number of benzene rings is 2. The van der Waals surface area contributed by atoms with Gasteiger partial charge in [-0.1, -0.05) is 42.0 Å². The summed E-state index contributed by atoms with van der Waals surface area (Å²) in [5.41, 5.74) is 3.56. The minimum Gasteiger partial charge on any atom is -0.485 e. The predicted molar refractivity (Wildman–Crippen MR) is 96.1 cm³/mol. The van der Waals surface area contributed by atoms with Crippen LogP contribution in [0.15, 0.2) is 48.5 Å². The molecular weight excluding hydrogens is 332 g/mol. The van der Waals surface area contributed by atoms with Gasteiger partial charge in [0.2, 0.25) is 0 Å². The van der Waals surface area contributed by atoms with Crippen LogP contribution in [0.1, 0.15) is 12.5 Å². The predicted octanol–water partition coefficient (Wildman–Crippen LogP) is 3.14. The van der Waals surface area contributed by atoms with Gasteiger partial charge in [0.25, 0.3) is 0 Å². The molecule has 0 aliphatic carbocycles. The van der Waals surface area contributed by atoms with Crippen molar-refractivity contribution in [3.63, 3.8) is 0 Å². The average Bonchev–Trinajstić information content (AvgIpc) is 3.20. The first-order chi connectivity index (χ1) is 12.6. The molecule has 26 heavy (non-hydrogen) atoms. The summed E-state index contributed by atoms with van der Waals surface area (Å²) in [4.78, 5) is 11.2. The van der Waals surface area contributed by atoms with Crippen molar-refractivity contribution in [2.75, 3.05) is 13.2 Å². The maximum absolute atomic E-state index is 11.2. The Bertz CT molecular complexity index is 768. The summed E-state index contributed by atoms with van der Waals surface area (Å²) in [5.74, 6) is 0.452. The normalized spacial score (nSPS) is 27.2. The van der Waals surface area contributed by atoms with E-state index >= 15 is 0 Å². The number of esters is 1. The Hall–Kier alpha value is -2.37. The summed E-state index contributed by atoms with van der Waals surface area (Å²) in [6.45, 7) is 4.24. The molecule has 136 valence electrons. The smallest absolute Gasteiger partial charge is 0.303 e. The highest BCUT2D eigenvalue weighted by molar-refractivity contribution is 5.66. The third-order valence-electron chi connectivity index (χ3n) is 4.81. The van der Waals surface area contributed by atoms with Crippen molar-refractivity contribution >= 4 is 5.97 Å². The van der Waals surface area contributed by atoms with E-state index in [1.54, 1.807) is 0 Å². The summed E-state index contributed by atoms with van der Waals surface area (Å²) in [6.07, 6.45) is -1.02. The van der Waals surface area contributed by atoms with Crippen LogP contribution in [0.4, 0.5) is 0 Å². The molecule has 2 fully saturated rings. The zero-order valence-electron chi connectivity index (χ0n) is 14.9. The molecule has 0 radical (unpaired) electrons. The second kappa shape index (κ2) is 7.09. The maximum Gasteiger partial charge on any atom is 0.303 e. The van der Waals surface area contributed by atoms with E-state index in [2.05, 4.69) is 31.2 Å². The van der Waals surface area contributed by atoms with Gasteiger partial charge >= 0.3 is 5.97 Å². The molecule has 2 aromatic rings. The molecule has 4 atom stereocenters. The van der Waals surface area contributed by atoms with Gasteiger partial charge in [0.1, 0.15) is 18.0 Å². The minimum atomic E-state index is -0.352. The first-order valence-electron chi connectivity index (χ1n) is 8.84. The fourth-order valence-corrected chi connectivity index (χ4v) is 3.49. The third-order valence-corrected chi connectivity index (χ3v) is 4.81. The highest BCUT2D eigenvalue weighted by atomic mass is 16.7. The molecule has 5 heteroatoms. The third kappa shape index (κ3) is 3.45. The molecule has 0 aromatic heterocycles. The summed E-state index contributed by atoms with van der Waals surface area (Å²) in [7, 11) is 0. The van der Waals surface area contributed by atoms with Crippen LogP contribution in [-0.2, 0) is 19.0 Å². The SMILES string of the molecule is CC(=O)O[C@@H]1COC2C1OC[C@H]2Oc1ccc(-c2ccc(C)cc2)cc1. The maximum atomic E-state index is 11.2. The topological polar surface area (TPSA) is 54.0 Å². The standard InChI is InChI=1S/C21H22O5/c1-13-3-5-15(6-4-13)16-7-9-17(10-8-16)26-19-12-24-20-18(25-14(2)22)11-23-21(19)20/h3-10,18-21H,11-12H2,1-2H3/t18-,19-,20?,21?/m1/s1. The van der Waals surface area contributed by atoms with Crippen LogP contribution >= 0.6 is 0 Å². The molecule has 0 N–H and O–H groups in total. The lowest BCUT2D eigenvalue weighted by Crippen LogP contribution is -2.36. The van der Waals surface area contributed by atoms with Crippen LogP contribution in [0, 0.1) is 6.92 Å². The summed E-state index contributed by atoms with van der Waals surface area (Å²) < 4.78 is 22.8. The van der Waals surface area contributed by atoms with Crippen LogP contribution in [0.3, 0.4) is 0 Å². The zero-order chi connectivity index (χ0) is 18.1. The van der Waals surface area contributed by atoms with Gasteiger partial charge in [0, 0.05) is 6.92 Å². The monoisotopic (exact) mass is 354 g/mol. The van der Waals surface area contributed by atoms with Crippen molar-refractivity contribution < 1.29 is 23.7 Å². The number of aryl methyl sites for hydroxylation is 1. The van der Waals surface area contributed by atoms with Crippen molar-refractivity contribution in [1.82, 2.24) is 0 Å². The second-order valence-electron chi connectivity index (χ2n) is 6.79. The van der Waals surface area contributed by atoms with E-state index in [1.807, 2.05) is 24.3 Å². The fraction of sp³-hybridized carbons (Fsp3) is 0.381. The first kappa shape index (κ1) is 17.1. The van der Waals surface area contributed by atoms with E-state index in [0.717, 1.165) is 11.3 Å². The van der Waals surface area contributed by atoms with Crippen molar-refractivity contribution in [2.24, 2.45) is 0 Å². The van der Waals surface area contributed by atoms with Crippen LogP contribution < -0.4 is 4.74 Å². The number of carbonyl (C=O) groups excluding carboxylic acids is 1. The Kier molecular flexibility index (Phi) is 4.66. The van der Waals surface area contributed by atoms with Crippen molar-refractivity contribution in [2.45, 2.75) is 38.3 Å². The number of ether oxygens (including phenoxy) is 4. The van der Waals surface area contributed by atoms with E-state index in [-0.39, 0.29) is 30.4 Å². The van der Waals surface area contributed by atoms with Gasteiger partial charge in [-0.3, -0.25) is 4.79 Å². The van der Waals surface area contributed by atoms with Gasteiger partial charge in [0.15, 0.2) is 12.2 Å². The molecule has 2 aliphatic heterocycles. The number of hydrogen-bond donors (Lipinski definition) is 0. The zero-order valence-corrected chi connectivity index (χ0v) is 14.9. The molecule has 4 rings (SSSR count). The highest BCUT2D eigenvalue weighted by Crippen LogP contribution is 2.32. The fourth-order valence-electron chi connectivity index (χ4n) is 3.49. The van der Waals surface area contributed by atoms with Crippen molar-refractivity contribution in [3.05, 3.63) is 54.1 Å². The highest BCUT2D eigenvalue weighted by Gasteiger charge is 2.50. The largest absolute Gasteiger partial charge is 0.485 e. The lowest BCUT2D eigenvalue weighted by atomic mass is 10.0. The van der Waals surface area contributed by atoms with Gasteiger partial charge < -0.3 is 18.9 Å². The molecular formula is C21H22O5. The average molecular weight is 354 g/mol. The van der Waals surface area contributed by atoms with E-state index in [9.17, 15) is 4.79 Å². The van der Waals surface area contributed by atoms with Gasteiger partial charge in [0.05, 0.1) is 13.2 Å². The molecule has 2 saturated heterocycles. The number of hydrogen-bond acceptors (Lipinski definition) is 5. The van der Waals surface area contributed by atoms with Crippen molar-refractivity contribution in [1.29, 1.82) is 0 Å². The van der Waals surface area contributed by atoms with E-state index in [1.165, 1.54) is 18.1 Å². The molecule has 0 spiro atoms. The summed E-state index contributed by atoms with van der Waals surface area (Å²) in [5, 5.41) is 0. The number of rotatable bonds is 4. The summed E-state index contributed by atoms with van der Waals surface area (Å²) in [6, 6.07) is 16.4. The Morgan fingerprint density at radius 1 is 0.885 bits per heavy atom. The van der Waals surface area contributed by atoms with Crippen LogP contribution in [0.5, 0.6) is 5.75 Å². The summed E-state index contributed by atoms with van der Waals surface area (Å²) >= 11 is 0. The lowest BCUT2D eigenvalue weighted by molar-refractivity contribution is -0.150. The van der Waals surface area contributed by atoms with Gasteiger partial charge in [-0.05, 0) is 30.2 Å². The molecule has 2 aliphatic rings. The molecule has 5 nitrogen and oxygen atoms in total. The molecule has 0 saturated carbocycles.